The predicted molar refractivity (Wildman–Crippen MR) is 63.9 cm³/mol. The molecule has 8 heteroatoms. The van der Waals surface area contributed by atoms with Gasteiger partial charge in [-0.1, -0.05) is 12.1 Å². The van der Waals surface area contributed by atoms with Crippen molar-refractivity contribution in [2.45, 2.75) is 5.51 Å². The molecule has 0 radical (unpaired) electrons. The molecule has 106 valence electrons. The Balaban J connectivity index is 2.27. The highest BCUT2D eigenvalue weighted by Crippen LogP contribution is 2.33. The second-order valence-electron chi connectivity index (χ2n) is 3.62. The number of rotatable bonds is 3. The van der Waals surface area contributed by atoms with Crippen molar-refractivity contribution in [3.63, 3.8) is 0 Å². The largest absolute Gasteiger partial charge is 0.479 e. The fraction of sp³-hybridized carbons (Fsp3) is 0.0833. The molecule has 0 amide bonds. The van der Waals surface area contributed by atoms with Gasteiger partial charge in [-0.05, 0) is 17.7 Å². The molecule has 0 atom stereocenters. The number of benzene rings is 1. The summed E-state index contributed by atoms with van der Waals surface area (Å²) in [5.74, 6) is -1.65. The standard InChI is InChI=1S/C12H6F5NOS/c13-8-3-1-7(2-4-8)9-5-11(18-6-10(9)14)19-20-12(15,16)17/h1-6H. The van der Waals surface area contributed by atoms with Crippen molar-refractivity contribution in [3.8, 4) is 17.0 Å². The van der Waals surface area contributed by atoms with Gasteiger partial charge in [0.1, 0.15) is 11.6 Å². The molecule has 0 unspecified atom stereocenters. The average molecular weight is 307 g/mol. The van der Waals surface area contributed by atoms with Crippen molar-refractivity contribution in [1.82, 2.24) is 4.98 Å². The monoisotopic (exact) mass is 307 g/mol. The van der Waals surface area contributed by atoms with Gasteiger partial charge in [0, 0.05) is 11.6 Å². The second kappa shape index (κ2) is 5.66. The highest BCUT2D eigenvalue weighted by molar-refractivity contribution is 7.95. The Bertz CT molecular complexity index is 600. The molecule has 0 aliphatic rings. The van der Waals surface area contributed by atoms with E-state index in [1.54, 1.807) is 0 Å². The van der Waals surface area contributed by atoms with Crippen LogP contribution in [0.15, 0.2) is 36.5 Å². The first-order valence-electron chi connectivity index (χ1n) is 5.19. The fourth-order valence-corrected chi connectivity index (χ4v) is 1.68. The lowest BCUT2D eigenvalue weighted by molar-refractivity contribution is -0.0370. The minimum atomic E-state index is -4.59. The van der Waals surface area contributed by atoms with E-state index in [4.69, 9.17) is 0 Å². The van der Waals surface area contributed by atoms with Crippen LogP contribution in [-0.4, -0.2) is 10.5 Å². The number of pyridine rings is 1. The third-order valence-electron chi connectivity index (χ3n) is 2.21. The Morgan fingerprint density at radius 3 is 2.30 bits per heavy atom. The summed E-state index contributed by atoms with van der Waals surface area (Å²) in [5.41, 5.74) is -4.32. The lowest BCUT2D eigenvalue weighted by Crippen LogP contribution is -2.03. The van der Waals surface area contributed by atoms with Crippen LogP contribution in [0.4, 0.5) is 22.0 Å². The van der Waals surface area contributed by atoms with Crippen molar-refractivity contribution in [2.24, 2.45) is 0 Å². The van der Waals surface area contributed by atoms with Crippen LogP contribution in [0.3, 0.4) is 0 Å². The summed E-state index contributed by atoms with van der Waals surface area (Å²) in [4.78, 5) is 3.39. The van der Waals surface area contributed by atoms with E-state index in [1.165, 1.54) is 12.1 Å². The van der Waals surface area contributed by atoms with Crippen molar-refractivity contribution in [3.05, 3.63) is 48.2 Å². The molecule has 0 aliphatic heterocycles. The van der Waals surface area contributed by atoms with Crippen LogP contribution in [0.5, 0.6) is 5.88 Å². The average Bonchev–Trinajstić information content (AvgIpc) is 2.38. The summed E-state index contributed by atoms with van der Waals surface area (Å²) in [7, 11) is 0. The number of hydrogen-bond donors (Lipinski definition) is 0. The van der Waals surface area contributed by atoms with E-state index in [9.17, 15) is 22.0 Å². The van der Waals surface area contributed by atoms with Gasteiger partial charge in [-0.25, -0.2) is 13.8 Å². The predicted octanol–water partition coefficient (Wildman–Crippen LogP) is 4.57. The summed E-state index contributed by atoms with van der Waals surface area (Å²) in [5, 5.41) is 0. The van der Waals surface area contributed by atoms with Gasteiger partial charge in [0.25, 0.3) is 0 Å². The third-order valence-corrected chi connectivity index (χ3v) is 2.65. The number of nitrogens with zero attached hydrogens (tertiary/aromatic N) is 1. The van der Waals surface area contributed by atoms with Crippen LogP contribution in [0.2, 0.25) is 0 Å². The van der Waals surface area contributed by atoms with E-state index in [1.807, 2.05) is 0 Å². The van der Waals surface area contributed by atoms with Crippen LogP contribution in [0.1, 0.15) is 0 Å². The van der Waals surface area contributed by atoms with Gasteiger partial charge in [0.05, 0.1) is 6.20 Å². The number of hydrogen-bond acceptors (Lipinski definition) is 3. The van der Waals surface area contributed by atoms with Crippen LogP contribution in [0, 0.1) is 11.6 Å². The highest BCUT2D eigenvalue weighted by atomic mass is 32.2. The Morgan fingerprint density at radius 2 is 1.70 bits per heavy atom. The van der Waals surface area contributed by atoms with E-state index in [0.717, 1.165) is 24.4 Å². The lowest BCUT2D eigenvalue weighted by Gasteiger charge is -2.08. The van der Waals surface area contributed by atoms with Crippen molar-refractivity contribution in [1.29, 1.82) is 0 Å². The molecular weight excluding hydrogens is 301 g/mol. The van der Waals surface area contributed by atoms with Gasteiger partial charge in [-0.2, -0.15) is 13.2 Å². The van der Waals surface area contributed by atoms with Crippen LogP contribution >= 0.6 is 12.0 Å². The Hall–Kier alpha value is -1.83. The van der Waals surface area contributed by atoms with Crippen LogP contribution in [-0.2, 0) is 0 Å². The van der Waals surface area contributed by atoms with Gasteiger partial charge >= 0.3 is 5.51 Å². The quantitative estimate of drug-likeness (QED) is 0.612. The molecule has 1 aromatic heterocycles. The molecule has 0 spiro atoms. The summed E-state index contributed by atoms with van der Waals surface area (Å²) < 4.78 is 66.7. The Kier molecular flexibility index (Phi) is 4.12. The van der Waals surface area contributed by atoms with Gasteiger partial charge in [-0.15, -0.1) is 0 Å². The lowest BCUT2D eigenvalue weighted by atomic mass is 10.1. The summed E-state index contributed by atoms with van der Waals surface area (Å²) in [6.07, 6.45) is 0.741. The summed E-state index contributed by atoms with van der Waals surface area (Å²) in [6.45, 7) is 0. The molecule has 0 fully saturated rings. The number of aromatic nitrogens is 1. The van der Waals surface area contributed by atoms with E-state index in [0.29, 0.717) is 5.56 Å². The first-order valence-corrected chi connectivity index (χ1v) is 5.93. The minimum absolute atomic E-state index is 0.0298. The fourth-order valence-electron chi connectivity index (χ4n) is 1.41. The van der Waals surface area contributed by atoms with E-state index in [-0.39, 0.29) is 5.56 Å². The molecule has 0 saturated carbocycles. The van der Waals surface area contributed by atoms with Gasteiger partial charge < -0.3 is 4.18 Å². The van der Waals surface area contributed by atoms with Crippen LogP contribution in [0.25, 0.3) is 11.1 Å². The van der Waals surface area contributed by atoms with Crippen LogP contribution < -0.4 is 4.18 Å². The first-order chi connectivity index (χ1) is 9.35. The Morgan fingerprint density at radius 1 is 1.05 bits per heavy atom. The van der Waals surface area contributed by atoms with E-state index < -0.39 is 35.1 Å². The molecule has 0 bridgehead atoms. The zero-order valence-corrected chi connectivity index (χ0v) is 10.4. The molecule has 1 aromatic carbocycles. The zero-order chi connectivity index (χ0) is 14.8. The third kappa shape index (κ3) is 3.83. The van der Waals surface area contributed by atoms with Crippen molar-refractivity contribution >= 4 is 12.0 Å². The Labute approximate surface area is 114 Å². The zero-order valence-electron chi connectivity index (χ0n) is 9.62. The normalized spacial score (nSPS) is 11.4. The van der Waals surface area contributed by atoms with Gasteiger partial charge in [-0.3, -0.25) is 0 Å². The molecule has 2 nitrogen and oxygen atoms in total. The molecule has 1 heterocycles. The molecule has 0 saturated heterocycles. The van der Waals surface area contributed by atoms with E-state index in [2.05, 4.69) is 9.17 Å². The molecule has 2 rings (SSSR count). The SMILES string of the molecule is Fc1ccc(-c2cc(OSC(F)(F)F)ncc2F)cc1. The molecule has 2 aromatic rings. The maximum Gasteiger partial charge on any atom is 0.479 e. The van der Waals surface area contributed by atoms with Crippen molar-refractivity contribution < 1.29 is 26.1 Å². The first kappa shape index (κ1) is 14.6. The number of halogens is 5. The molecular formula is C12H6F5NOS. The topological polar surface area (TPSA) is 22.1 Å². The van der Waals surface area contributed by atoms with Crippen molar-refractivity contribution in [2.75, 3.05) is 0 Å². The van der Waals surface area contributed by atoms with E-state index >= 15 is 0 Å². The van der Waals surface area contributed by atoms with Gasteiger partial charge in [0.15, 0.2) is 12.0 Å². The molecule has 0 aliphatic carbocycles. The maximum atomic E-state index is 13.6. The smallest absolute Gasteiger partial charge is 0.397 e. The highest BCUT2D eigenvalue weighted by Gasteiger charge is 2.31. The second-order valence-corrected chi connectivity index (χ2v) is 4.42. The number of alkyl halides is 3. The molecule has 20 heavy (non-hydrogen) atoms. The minimum Gasteiger partial charge on any atom is -0.397 e. The van der Waals surface area contributed by atoms with Gasteiger partial charge in [0.2, 0.25) is 5.88 Å². The summed E-state index contributed by atoms with van der Waals surface area (Å²) in [6, 6.07) is 5.84. The molecule has 0 N–H and O–H groups in total. The summed E-state index contributed by atoms with van der Waals surface area (Å²) >= 11 is -0.746. The maximum absolute atomic E-state index is 13.6.